The van der Waals surface area contributed by atoms with E-state index in [4.69, 9.17) is 19.9 Å². The molecule has 0 saturated heterocycles. The first-order valence-corrected chi connectivity index (χ1v) is 10.5. The van der Waals surface area contributed by atoms with E-state index >= 15 is 0 Å². The fourth-order valence-electron chi connectivity index (χ4n) is 2.86. The number of primary amides is 1. The lowest BCUT2D eigenvalue weighted by atomic mass is 10.1. The summed E-state index contributed by atoms with van der Waals surface area (Å²) in [7, 11) is 1.45. The topological polar surface area (TPSA) is 178 Å². The van der Waals surface area contributed by atoms with Gasteiger partial charge in [0.05, 0.1) is 28.3 Å². The Hall–Kier alpha value is -4.17. The number of benzene rings is 1. The van der Waals surface area contributed by atoms with Gasteiger partial charge in [0.25, 0.3) is 11.8 Å². The quantitative estimate of drug-likeness (QED) is 0.305. The second-order valence-corrected chi connectivity index (χ2v) is 7.67. The highest BCUT2D eigenvalue weighted by Crippen LogP contribution is 2.33. The Morgan fingerprint density at radius 2 is 1.88 bits per heavy atom. The molecule has 3 aromatic rings. The SMILES string of the molecule is COCCOC(=O)c1c(NC(=O)COC(=O)c2ccccc2-n2cnnn2)sc(C(N)=O)c1C. The average Bonchev–Trinajstić information content (AvgIpc) is 3.46. The van der Waals surface area contributed by atoms with Gasteiger partial charge in [-0.2, -0.15) is 4.68 Å². The molecule has 2 aromatic heterocycles. The highest BCUT2D eigenvalue weighted by Gasteiger charge is 2.26. The van der Waals surface area contributed by atoms with Crippen molar-refractivity contribution >= 4 is 40.1 Å². The van der Waals surface area contributed by atoms with Crippen LogP contribution in [0.15, 0.2) is 30.6 Å². The fraction of sp³-hybridized carbons (Fsp3) is 0.250. The van der Waals surface area contributed by atoms with Crippen LogP contribution in [0, 0.1) is 6.92 Å². The lowest BCUT2D eigenvalue weighted by molar-refractivity contribution is -0.119. The molecule has 0 aliphatic heterocycles. The van der Waals surface area contributed by atoms with Gasteiger partial charge in [0, 0.05) is 7.11 Å². The maximum Gasteiger partial charge on any atom is 0.341 e. The zero-order valence-electron chi connectivity index (χ0n) is 18.1. The Morgan fingerprint density at radius 3 is 2.56 bits per heavy atom. The maximum atomic E-state index is 12.6. The first-order valence-electron chi connectivity index (χ1n) is 9.72. The van der Waals surface area contributed by atoms with Crippen LogP contribution in [0.5, 0.6) is 0 Å². The van der Waals surface area contributed by atoms with E-state index in [1.165, 1.54) is 31.1 Å². The van der Waals surface area contributed by atoms with Crippen LogP contribution in [-0.2, 0) is 19.0 Å². The van der Waals surface area contributed by atoms with Gasteiger partial charge in [-0.15, -0.1) is 16.4 Å². The molecule has 0 aliphatic rings. The second-order valence-electron chi connectivity index (χ2n) is 6.65. The zero-order chi connectivity index (χ0) is 24.7. The van der Waals surface area contributed by atoms with Crippen molar-refractivity contribution in [3.63, 3.8) is 0 Å². The number of aromatic nitrogens is 4. The Labute approximate surface area is 196 Å². The van der Waals surface area contributed by atoms with Gasteiger partial charge in [-0.05, 0) is 35.0 Å². The van der Waals surface area contributed by atoms with E-state index in [-0.39, 0.29) is 39.8 Å². The number of amides is 2. The van der Waals surface area contributed by atoms with Gasteiger partial charge < -0.3 is 25.3 Å². The number of methoxy groups -OCH3 is 1. The molecule has 13 nitrogen and oxygen atoms in total. The number of esters is 2. The highest BCUT2D eigenvalue weighted by atomic mass is 32.1. The molecule has 0 saturated carbocycles. The molecule has 0 fully saturated rings. The molecular formula is C20H20N6O7S. The van der Waals surface area contributed by atoms with E-state index < -0.39 is 30.4 Å². The molecule has 3 rings (SSSR count). The Bertz CT molecular complexity index is 1210. The molecule has 14 heteroatoms. The minimum Gasteiger partial charge on any atom is -0.460 e. The van der Waals surface area contributed by atoms with Crippen molar-refractivity contribution in [2.45, 2.75) is 6.92 Å². The molecule has 0 unspecified atom stereocenters. The summed E-state index contributed by atoms with van der Waals surface area (Å²) >= 11 is 0.817. The lowest BCUT2D eigenvalue weighted by Gasteiger charge is -2.10. The fourth-order valence-corrected chi connectivity index (χ4v) is 3.92. The smallest absolute Gasteiger partial charge is 0.341 e. The molecular weight excluding hydrogens is 468 g/mol. The number of ether oxygens (including phenoxy) is 3. The third kappa shape index (κ3) is 5.60. The Kier molecular flexibility index (Phi) is 8.00. The summed E-state index contributed by atoms with van der Waals surface area (Å²) in [5.41, 5.74) is 6.11. The van der Waals surface area contributed by atoms with Crippen molar-refractivity contribution in [3.8, 4) is 5.69 Å². The van der Waals surface area contributed by atoms with Crippen molar-refractivity contribution in [3.05, 3.63) is 52.2 Å². The number of hydrogen-bond donors (Lipinski definition) is 2. The van der Waals surface area contributed by atoms with Crippen molar-refractivity contribution in [2.24, 2.45) is 5.73 Å². The normalized spacial score (nSPS) is 10.5. The Morgan fingerprint density at radius 1 is 1.12 bits per heavy atom. The number of carbonyl (C=O) groups is 4. The molecule has 178 valence electrons. The van der Waals surface area contributed by atoms with Gasteiger partial charge >= 0.3 is 11.9 Å². The predicted octanol–water partition coefficient (Wildman–Crippen LogP) is 0.730. The number of para-hydroxylation sites is 1. The van der Waals surface area contributed by atoms with Gasteiger partial charge in [-0.3, -0.25) is 9.59 Å². The van der Waals surface area contributed by atoms with Crippen molar-refractivity contribution < 1.29 is 33.4 Å². The summed E-state index contributed by atoms with van der Waals surface area (Å²) < 4.78 is 16.3. The number of nitrogens with one attached hydrogen (secondary N) is 1. The summed E-state index contributed by atoms with van der Waals surface area (Å²) in [6.45, 7) is 0.989. The summed E-state index contributed by atoms with van der Waals surface area (Å²) in [6, 6.07) is 6.40. The van der Waals surface area contributed by atoms with Crippen LogP contribution in [-0.4, -0.2) is 70.9 Å². The van der Waals surface area contributed by atoms with E-state index in [2.05, 4.69) is 20.8 Å². The summed E-state index contributed by atoms with van der Waals surface area (Å²) in [5, 5.41) is 13.3. The number of nitrogens with zero attached hydrogens (tertiary/aromatic N) is 4. The van der Waals surface area contributed by atoms with E-state index in [1.807, 2.05) is 0 Å². The molecule has 0 radical (unpaired) electrons. The van der Waals surface area contributed by atoms with Crippen molar-refractivity contribution in [1.82, 2.24) is 20.2 Å². The van der Waals surface area contributed by atoms with Gasteiger partial charge in [-0.25, -0.2) is 9.59 Å². The molecule has 0 bridgehead atoms. The third-order valence-electron chi connectivity index (χ3n) is 4.40. The van der Waals surface area contributed by atoms with Crippen molar-refractivity contribution in [1.29, 1.82) is 0 Å². The minimum absolute atomic E-state index is 0.0152. The van der Waals surface area contributed by atoms with Crippen LogP contribution >= 0.6 is 11.3 Å². The van der Waals surface area contributed by atoms with Gasteiger partial charge in [0.15, 0.2) is 6.61 Å². The largest absolute Gasteiger partial charge is 0.460 e. The zero-order valence-corrected chi connectivity index (χ0v) is 19.0. The van der Waals surface area contributed by atoms with Gasteiger partial charge in [0.2, 0.25) is 0 Å². The molecule has 0 aliphatic carbocycles. The lowest BCUT2D eigenvalue weighted by Crippen LogP contribution is -2.22. The number of hydrogen-bond acceptors (Lipinski definition) is 11. The number of carbonyl (C=O) groups excluding carboxylic acids is 4. The van der Waals surface area contributed by atoms with E-state index in [0.29, 0.717) is 5.69 Å². The molecule has 34 heavy (non-hydrogen) atoms. The maximum absolute atomic E-state index is 12.6. The number of thiophene rings is 1. The summed E-state index contributed by atoms with van der Waals surface area (Å²) in [4.78, 5) is 49.3. The van der Waals surface area contributed by atoms with Crippen LogP contribution in [0.3, 0.4) is 0 Å². The first kappa shape index (κ1) is 24.5. The van der Waals surface area contributed by atoms with Crippen LogP contribution < -0.4 is 11.1 Å². The molecule has 2 heterocycles. The number of nitrogens with two attached hydrogens (primary N) is 1. The molecule has 0 spiro atoms. The molecule has 1 aromatic carbocycles. The number of rotatable bonds is 10. The molecule has 3 N–H and O–H groups in total. The molecule has 0 atom stereocenters. The van der Waals surface area contributed by atoms with Gasteiger partial charge in [0.1, 0.15) is 17.9 Å². The third-order valence-corrected chi connectivity index (χ3v) is 5.62. The van der Waals surface area contributed by atoms with Crippen LogP contribution in [0.25, 0.3) is 5.69 Å². The van der Waals surface area contributed by atoms with E-state index in [9.17, 15) is 19.2 Å². The summed E-state index contributed by atoms with van der Waals surface area (Å²) in [6.07, 6.45) is 1.31. The number of anilines is 1. The van der Waals surface area contributed by atoms with Crippen LogP contribution in [0.4, 0.5) is 5.00 Å². The van der Waals surface area contributed by atoms with Crippen LogP contribution in [0.2, 0.25) is 0 Å². The predicted molar refractivity (Wildman–Crippen MR) is 118 cm³/mol. The van der Waals surface area contributed by atoms with Gasteiger partial charge in [-0.1, -0.05) is 12.1 Å². The number of tetrazole rings is 1. The molecule has 2 amide bonds. The summed E-state index contributed by atoms with van der Waals surface area (Å²) in [5.74, 6) is -3.06. The average molecular weight is 488 g/mol. The van der Waals surface area contributed by atoms with E-state index in [1.54, 1.807) is 18.2 Å². The standard InChI is InChI=1S/C20H20N6O7S/c1-11-15(20(30)32-8-7-31-2)18(34-16(11)17(21)28)23-14(27)9-33-19(29)12-5-3-4-6-13(12)26-10-22-24-25-26/h3-6,10H,7-9H2,1-2H3,(H2,21,28)(H,23,27). The minimum atomic E-state index is -0.791. The second kappa shape index (κ2) is 11.1. The van der Waals surface area contributed by atoms with Crippen molar-refractivity contribution in [2.75, 3.05) is 32.2 Å². The van der Waals surface area contributed by atoms with E-state index in [0.717, 1.165) is 11.3 Å². The Balaban J connectivity index is 1.72. The highest BCUT2D eigenvalue weighted by molar-refractivity contribution is 7.18. The monoisotopic (exact) mass is 488 g/mol. The first-order chi connectivity index (χ1) is 16.3. The van der Waals surface area contributed by atoms with Crippen LogP contribution in [0.1, 0.15) is 36.0 Å².